The van der Waals surface area contributed by atoms with Gasteiger partial charge in [0.2, 0.25) is 0 Å². The van der Waals surface area contributed by atoms with Crippen molar-refractivity contribution in [3.05, 3.63) is 24.0 Å². The first-order valence-corrected chi connectivity index (χ1v) is 4.64. The van der Waals surface area contributed by atoms with Crippen molar-refractivity contribution in [3.8, 4) is 11.5 Å². The van der Waals surface area contributed by atoms with Crippen LogP contribution in [0.3, 0.4) is 0 Å². The van der Waals surface area contributed by atoms with Crippen LogP contribution in [0, 0.1) is 11.9 Å². The molecule has 0 atom stereocenters. The Balaban J connectivity index is 2.84. The van der Waals surface area contributed by atoms with Crippen LogP contribution in [0.1, 0.15) is 20.8 Å². The van der Waals surface area contributed by atoms with Crippen LogP contribution in [0.2, 0.25) is 0 Å². The molecule has 1 aromatic carbocycles. The van der Waals surface area contributed by atoms with Crippen molar-refractivity contribution in [2.75, 3.05) is 6.61 Å². The predicted octanol–water partition coefficient (Wildman–Crippen LogP) is 2.81. The molecule has 2 nitrogen and oxygen atoms in total. The third-order valence-corrected chi connectivity index (χ3v) is 1.49. The maximum atomic E-state index is 13.2. The van der Waals surface area contributed by atoms with Crippen molar-refractivity contribution in [1.29, 1.82) is 0 Å². The van der Waals surface area contributed by atoms with Gasteiger partial charge >= 0.3 is 0 Å². The standard InChI is InChI=1S/C11H14FO2/c1-4-13-9-5-6-10(12)11(7-9)14-8(2)3/h5-6,8H,4H2,1-3H3. The summed E-state index contributed by atoms with van der Waals surface area (Å²) in [5.74, 6) is 0.206. The van der Waals surface area contributed by atoms with Crippen LogP contribution < -0.4 is 9.47 Å². The average Bonchev–Trinajstić information content (AvgIpc) is 2.10. The maximum Gasteiger partial charge on any atom is 0.167 e. The minimum Gasteiger partial charge on any atom is -0.493 e. The minimum absolute atomic E-state index is 0.0716. The Bertz CT molecular complexity index is 297. The number of ether oxygens (including phenoxy) is 2. The van der Waals surface area contributed by atoms with Gasteiger partial charge in [-0.2, -0.15) is 0 Å². The normalized spacial score (nSPS) is 10.4. The molecule has 0 bridgehead atoms. The molecule has 1 aromatic rings. The van der Waals surface area contributed by atoms with Gasteiger partial charge in [-0.1, -0.05) is 0 Å². The lowest BCUT2D eigenvalue weighted by Crippen LogP contribution is -2.07. The quantitative estimate of drug-likeness (QED) is 0.739. The van der Waals surface area contributed by atoms with Crippen molar-refractivity contribution >= 4 is 0 Å². The molecule has 3 heteroatoms. The second kappa shape index (κ2) is 4.84. The zero-order valence-corrected chi connectivity index (χ0v) is 8.63. The summed E-state index contributed by atoms with van der Waals surface area (Å²) in [4.78, 5) is 0. The summed E-state index contributed by atoms with van der Waals surface area (Å²) in [7, 11) is 0. The molecule has 14 heavy (non-hydrogen) atoms. The molecule has 0 spiro atoms. The lowest BCUT2D eigenvalue weighted by molar-refractivity contribution is 0.228. The predicted molar refractivity (Wildman–Crippen MR) is 52.2 cm³/mol. The fraction of sp³-hybridized carbons (Fsp3) is 0.455. The van der Waals surface area contributed by atoms with Gasteiger partial charge in [0.25, 0.3) is 0 Å². The monoisotopic (exact) mass is 197 g/mol. The summed E-state index contributed by atoms with van der Waals surface area (Å²) in [5, 5.41) is 0. The maximum absolute atomic E-state index is 13.2. The molecule has 0 fully saturated rings. The second-order valence-electron chi connectivity index (χ2n) is 3.10. The molecular weight excluding hydrogens is 183 g/mol. The van der Waals surface area contributed by atoms with Gasteiger partial charge in [0, 0.05) is 0 Å². The highest BCUT2D eigenvalue weighted by Gasteiger charge is 2.07. The average molecular weight is 197 g/mol. The van der Waals surface area contributed by atoms with Crippen LogP contribution in [-0.4, -0.2) is 12.7 Å². The topological polar surface area (TPSA) is 18.5 Å². The van der Waals surface area contributed by atoms with Gasteiger partial charge in [-0.05, 0) is 32.9 Å². The molecule has 0 amide bonds. The van der Waals surface area contributed by atoms with Crippen molar-refractivity contribution in [3.63, 3.8) is 0 Å². The Hall–Kier alpha value is -1.25. The molecule has 0 aliphatic heterocycles. The molecule has 0 N–H and O–H groups in total. The van der Waals surface area contributed by atoms with E-state index in [2.05, 4.69) is 6.07 Å². The summed E-state index contributed by atoms with van der Waals surface area (Å²) < 4.78 is 23.6. The summed E-state index contributed by atoms with van der Waals surface area (Å²) >= 11 is 0. The van der Waals surface area contributed by atoms with Crippen LogP contribution in [0.5, 0.6) is 11.5 Å². The Morgan fingerprint density at radius 1 is 1.43 bits per heavy atom. The van der Waals surface area contributed by atoms with E-state index in [0.717, 1.165) is 0 Å². The summed E-state index contributed by atoms with van der Waals surface area (Å²) in [5.41, 5.74) is 0. The molecule has 0 saturated carbocycles. The van der Waals surface area contributed by atoms with E-state index in [1.165, 1.54) is 12.1 Å². The summed E-state index contributed by atoms with van der Waals surface area (Å²) in [6.45, 7) is 6.06. The molecule has 0 aromatic heterocycles. The number of halogens is 1. The van der Waals surface area contributed by atoms with Gasteiger partial charge in [-0.15, -0.1) is 0 Å². The van der Waals surface area contributed by atoms with Crippen molar-refractivity contribution < 1.29 is 13.9 Å². The van der Waals surface area contributed by atoms with Crippen molar-refractivity contribution in [2.24, 2.45) is 0 Å². The van der Waals surface area contributed by atoms with Crippen molar-refractivity contribution in [1.82, 2.24) is 0 Å². The molecule has 0 heterocycles. The summed E-state index contributed by atoms with van der Waals surface area (Å²) in [6.07, 6.45) is -0.0716. The van der Waals surface area contributed by atoms with Gasteiger partial charge in [-0.25, -0.2) is 4.39 Å². The van der Waals surface area contributed by atoms with Crippen LogP contribution in [0.4, 0.5) is 4.39 Å². The van der Waals surface area contributed by atoms with Gasteiger partial charge < -0.3 is 9.47 Å². The van der Waals surface area contributed by atoms with Gasteiger partial charge in [0.15, 0.2) is 11.6 Å². The van der Waals surface area contributed by atoms with Crippen LogP contribution >= 0.6 is 0 Å². The van der Waals surface area contributed by atoms with E-state index in [1.54, 1.807) is 0 Å². The highest BCUT2D eigenvalue weighted by molar-refractivity contribution is 5.32. The van der Waals surface area contributed by atoms with Gasteiger partial charge in [-0.3, -0.25) is 0 Å². The first-order valence-electron chi connectivity index (χ1n) is 4.64. The molecular formula is C11H14FO2. The number of benzene rings is 1. The summed E-state index contributed by atoms with van der Waals surface area (Å²) in [6, 6.07) is 5.58. The Labute approximate surface area is 83.6 Å². The molecule has 0 saturated heterocycles. The van der Waals surface area contributed by atoms with Crippen LogP contribution in [-0.2, 0) is 0 Å². The molecule has 0 aliphatic carbocycles. The first-order chi connectivity index (χ1) is 6.63. The zero-order valence-electron chi connectivity index (χ0n) is 8.63. The van der Waals surface area contributed by atoms with E-state index in [0.29, 0.717) is 12.4 Å². The van der Waals surface area contributed by atoms with E-state index in [1.807, 2.05) is 20.8 Å². The van der Waals surface area contributed by atoms with E-state index in [-0.39, 0.29) is 11.9 Å². The Morgan fingerprint density at radius 3 is 2.71 bits per heavy atom. The number of hydrogen-bond donors (Lipinski definition) is 0. The van der Waals surface area contributed by atoms with E-state index in [9.17, 15) is 4.39 Å². The highest BCUT2D eigenvalue weighted by atomic mass is 19.1. The molecule has 1 radical (unpaired) electrons. The second-order valence-corrected chi connectivity index (χ2v) is 3.10. The molecule has 77 valence electrons. The molecule has 1 rings (SSSR count). The Morgan fingerprint density at radius 2 is 2.14 bits per heavy atom. The minimum atomic E-state index is -0.415. The third-order valence-electron chi connectivity index (χ3n) is 1.49. The van der Waals surface area contributed by atoms with Crippen LogP contribution in [0.25, 0.3) is 0 Å². The van der Waals surface area contributed by atoms with E-state index < -0.39 is 5.82 Å². The van der Waals surface area contributed by atoms with E-state index in [4.69, 9.17) is 9.47 Å². The largest absolute Gasteiger partial charge is 0.493 e. The van der Waals surface area contributed by atoms with Gasteiger partial charge in [0.1, 0.15) is 5.75 Å². The SMILES string of the molecule is CCOc1[c]c(OC(C)C)c(F)cc1. The van der Waals surface area contributed by atoms with Gasteiger partial charge in [0.05, 0.1) is 18.8 Å². The number of hydrogen-bond acceptors (Lipinski definition) is 2. The van der Waals surface area contributed by atoms with E-state index >= 15 is 0 Å². The molecule has 0 aliphatic rings. The van der Waals surface area contributed by atoms with Crippen LogP contribution in [0.15, 0.2) is 12.1 Å². The fourth-order valence-corrected chi connectivity index (χ4v) is 0.999. The first kappa shape index (κ1) is 10.8. The Kier molecular flexibility index (Phi) is 3.74. The van der Waals surface area contributed by atoms with Crippen molar-refractivity contribution in [2.45, 2.75) is 26.9 Å². The number of rotatable bonds is 4. The zero-order chi connectivity index (χ0) is 10.6. The highest BCUT2D eigenvalue weighted by Crippen LogP contribution is 2.23. The lowest BCUT2D eigenvalue weighted by Gasteiger charge is -2.11. The lowest BCUT2D eigenvalue weighted by atomic mass is 10.3. The smallest absolute Gasteiger partial charge is 0.167 e. The fourth-order valence-electron chi connectivity index (χ4n) is 0.999. The third kappa shape index (κ3) is 2.91. The molecule has 0 unspecified atom stereocenters.